The maximum atomic E-state index is 12.4. The molecular formula is C16H19N5O2. The second-order valence-corrected chi connectivity index (χ2v) is 6.03. The van der Waals surface area contributed by atoms with Crippen LogP contribution in [0.3, 0.4) is 0 Å². The molecule has 0 radical (unpaired) electrons. The van der Waals surface area contributed by atoms with Gasteiger partial charge in [0.1, 0.15) is 6.33 Å². The van der Waals surface area contributed by atoms with Gasteiger partial charge in [0.2, 0.25) is 5.95 Å². The maximum absolute atomic E-state index is 12.4. The van der Waals surface area contributed by atoms with Crippen LogP contribution in [0.4, 0.5) is 5.95 Å². The minimum Gasteiger partial charge on any atom is -0.374 e. The summed E-state index contributed by atoms with van der Waals surface area (Å²) >= 11 is 0. The lowest BCUT2D eigenvalue weighted by Gasteiger charge is -2.38. The monoisotopic (exact) mass is 313 g/mol. The highest BCUT2D eigenvalue weighted by Gasteiger charge is 2.37. The molecular weight excluding hydrogens is 294 g/mol. The van der Waals surface area contributed by atoms with Crippen LogP contribution in [-0.4, -0.2) is 44.8 Å². The van der Waals surface area contributed by atoms with E-state index in [1.54, 1.807) is 23.9 Å². The third kappa shape index (κ3) is 2.50. The molecule has 120 valence electrons. The Kier molecular flexibility index (Phi) is 3.57. The topological polar surface area (TPSA) is 73.1 Å². The number of anilines is 1. The van der Waals surface area contributed by atoms with Crippen molar-refractivity contribution >= 4 is 5.95 Å². The summed E-state index contributed by atoms with van der Waals surface area (Å²) in [6, 6.07) is 3.60. The van der Waals surface area contributed by atoms with Gasteiger partial charge in [0.05, 0.1) is 30.1 Å². The SMILES string of the molecule is Cn1c(N2CCO[C@@H]3CCC[C@H]32)nc(-c2ccncn2)cc1=O. The van der Waals surface area contributed by atoms with Crippen molar-refractivity contribution < 1.29 is 4.74 Å². The van der Waals surface area contributed by atoms with Gasteiger partial charge in [0.25, 0.3) is 5.56 Å². The van der Waals surface area contributed by atoms with E-state index in [4.69, 9.17) is 9.72 Å². The maximum Gasteiger partial charge on any atom is 0.255 e. The summed E-state index contributed by atoms with van der Waals surface area (Å²) in [6.07, 6.45) is 6.70. The zero-order valence-electron chi connectivity index (χ0n) is 13.1. The molecule has 2 atom stereocenters. The highest BCUT2D eigenvalue weighted by Crippen LogP contribution is 2.32. The zero-order chi connectivity index (χ0) is 15.8. The number of hydrogen-bond acceptors (Lipinski definition) is 6. The fourth-order valence-corrected chi connectivity index (χ4v) is 3.53. The number of ether oxygens (including phenoxy) is 1. The van der Waals surface area contributed by atoms with E-state index in [-0.39, 0.29) is 11.7 Å². The first-order valence-electron chi connectivity index (χ1n) is 7.97. The Morgan fingerprint density at radius 2 is 2.22 bits per heavy atom. The van der Waals surface area contributed by atoms with Crippen molar-refractivity contribution in [3.63, 3.8) is 0 Å². The molecule has 1 saturated heterocycles. The first-order valence-corrected chi connectivity index (χ1v) is 7.97. The molecule has 2 aliphatic rings. The summed E-state index contributed by atoms with van der Waals surface area (Å²) in [5, 5.41) is 0. The second kappa shape index (κ2) is 5.73. The van der Waals surface area contributed by atoms with E-state index in [2.05, 4.69) is 14.9 Å². The van der Waals surface area contributed by atoms with Crippen LogP contribution in [0.15, 0.2) is 29.5 Å². The van der Waals surface area contributed by atoms with Gasteiger partial charge in [0.15, 0.2) is 0 Å². The Morgan fingerprint density at radius 3 is 3.04 bits per heavy atom. The molecule has 1 aliphatic carbocycles. The second-order valence-electron chi connectivity index (χ2n) is 6.03. The van der Waals surface area contributed by atoms with Crippen LogP contribution in [0.5, 0.6) is 0 Å². The van der Waals surface area contributed by atoms with Gasteiger partial charge in [-0.2, -0.15) is 0 Å². The molecule has 0 aromatic carbocycles. The third-order valence-corrected chi connectivity index (χ3v) is 4.69. The summed E-state index contributed by atoms with van der Waals surface area (Å²) < 4.78 is 7.48. The van der Waals surface area contributed by atoms with Crippen molar-refractivity contribution in [1.29, 1.82) is 0 Å². The van der Waals surface area contributed by atoms with E-state index < -0.39 is 0 Å². The Labute approximate surface area is 134 Å². The Morgan fingerprint density at radius 1 is 1.30 bits per heavy atom. The Hall–Kier alpha value is -2.28. The molecule has 7 nitrogen and oxygen atoms in total. The molecule has 1 saturated carbocycles. The fourth-order valence-electron chi connectivity index (χ4n) is 3.53. The van der Waals surface area contributed by atoms with Gasteiger partial charge in [-0.15, -0.1) is 0 Å². The number of hydrogen-bond donors (Lipinski definition) is 0. The zero-order valence-corrected chi connectivity index (χ0v) is 13.1. The van der Waals surface area contributed by atoms with Crippen LogP contribution < -0.4 is 10.5 Å². The molecule has 2 aromatic rings. The Balaban J connectivity index is 1.79. The average Bonchev–Trinajstić information content (AvgIpc) is 3.07. The largest absolute Gasteiger partial charge is 0.374 e. The van der Waals surface area contributed by atoms with Gasteiger partial charge >= 0.3 is 0 Å². The number of fused-ring (bicyclic) bond motifs is 1. The lowest BCUT2D eigenvalue weighted by Crippen LogP contribution is -2.50. The minimum absolute atomic E-state index is 0.0790. The van der Waals surface area contributed by atoms with Crippen molar-refractivity contribution in [3.05, 3.63) is 35.0 Å². The minimum atomic E-state index is -0.0790. The molecule has 0 N–H and O–H groups in total. The van der Waals surface area contributed by atoms with Gasteiger partial charge in [-0.05, 0) is 25.3 Å². The van der Waals surface area contributed by atoms with Crippen molar-refractivity contribution in [2.24, 2.45) is 7.05 Å². The predicted molar refractivity (Wildman–Crippen MR) is 85.2 cm³/mol. The molecule has 7 heteroatoms. The van der Waals surface area contributed by atoms with Gasteiger partial charge < -0.3 is 9.64 Å². The molecule has 2 fully saturated rings. The molecule has 2 aromatic heterocycles. The van der Waals surface area contributed by atoms with Crippen LogP contribution in [0.1, 0.15) is 19.3 Å². The number of nitrogens with zero attached hydrogens (tertiary/aromatic N) is 5. The molecule has 23 heavy (non-hydrogen) atoms. The molecule has 3 heterocycles. The van der Waals surface area contributed by atoms with E-state index in [1.165, 1.54) is 12.4 Å². The van der Waals surface area contributed by atoms with Crippen LogP contribution >= 0.6 is 0 Å². The quantitative estimate of drug-likeness (QED) is 0.823. The Bertz CT molecular complexity index is 761. The molecule has 1 aliphatic heterocycles. The first-order chi connectivity index (χ1) is 11.2. The number of rotatable bonds is 2. The first kappa shape index (κ1) is 14.3. The normalized spacial score (nSPS) is 23.8. The van der Waals surface area contributed by atoms with E-state index in [0.717, 1.165) is 25.8 Å². The van der Waals surface area contributed by atoms with E-state index >= 15 is 0 Å². The number of aromatic nitrogens is 4. The average molecular weight is 313 g/mol. The van der Waals surface area contributed by atoms with E-state index in [1.807, 2.05) is 0 Å². The fraction of sp³-hybridized carbons (Fsp3) is 0.500. The van der Waals surface area contributed by atoms with Crippen molar-refractivity contribution in [1.82, 2.24) is 19.5 Å². The summed E-state index contributed by atoms with van der Waals surface area (Å²) in [5.74, 6) is 0.700. The van der Waals surface area contributed by atoms with Crippen LogP contribution in [-0.2, 0) is 11.8 Å². The molecule has 0 bridgehead atoms. The van der Waals surface area contributed by atoms with Crippen LogP contribution in [0.2, 0.25) is 0 Å². The highest BCUT2D eigenvalue weighted by molar-refractivity contribution is 5.55. The van der Waals surface area contributed by atoms with Crippen LogP contribution in [0, 0.1) is 0 Å². The summed E-state index contributed by atoms with van der Waals surface area (Å²) in [7, 11) is 1.77. The van der Waals surface area contributed by atoms with Crippen molar-refractivity contribution in [2.45, 2.75) is 31.4 Å². The molecule has 0 spiro atoms. The van der Waals surface area contributed by atoms with Gasteiger partial charge in [0, 0.05) is 25.9 Å². The van der Waals surface area contributed by atoms with Gasteiger partial charge in [-0.3, -0.25) is 9.36 Å². The summed E-state index contributed by atoms with van der Waals surface area (Å²) in [4.78, 5) is 27.5. The smallest absolute Gasteiger partial charge is 0.255 e. The molecule has 4 rings (SSSR count). The molecule has 0 amide bonds. The van der Waals surface area contributed by atoms with Crippen LogP contribution in [0.25, 0.3) is 11.4 Å². The predicted octanol–water partition coefficient (Wildman–Crippen LogP) is 0.995. The lowest BCUT2D eigenvalue weighted by molar-refractivity contribution is 0.0247. The standard InChI is InChI=1S/C16H19N5O2/c1-20-15(22)9-12(11-5-6-17-10-18-11)19-16(20)21-7-8-23-14-4-2-3-13(14)21/h5-6,9-10,13-14H,2-4,7-8H2,1H3/t13-,14-/m1/s1. The number of morpholine rings is 1. The van der Waals surface area contributed by atoms with Crippen molar-refractivity contribution in [3.8, 4) is 11.4 Å². The molecule has 0 unspecified atom stereocenters. The van der Waals surface area contributed by atoms with Gasteiger partial charge in [-0.25, -0.2) is 15.0 Å². The summed E-state index contributed by atoms with van der Waals surface area (Å²) in [5.41, 5.74) is 1.17. The van der Waals surface area contributed by atoms with Gasteiger partial charge in [-0.1, -0.05) is 0 Å². The van der Waals surface area contributed by atoms with E-state index in [0.29, 0.717) is 30.0 Å². The third-order valence-electron chi connectivity index (χ3n) is 4.69. The van der Waals surface area contributed by atoms with Crippen molar-refractivity contribution in [2.75, 3.05) is 18.1 Å². The lowest BCUT2D eigenvalue weighted by atomic mass is 10.1. The highest BCUT2D eigenvalue weighted by atomic mass is 16.5. The summed E-state index contributed by atoms with van der Waals surface area (Å²) in [6.45, 7) is 1.43. The van der Waals surface area contributed by atoms with E-state index in [9.17, 15) is 4.79 Å².